The highest BCUT2D eigenvalue weighted by molar-refractivity contribution is 6.29. The zero-order valence-electron chi connectivity index (χ0n) is 12.4. The fraction of sp³-hybridized carbons (Fsp3) is 0. The van der Waals surface area contributed by atoms with Crippen molar-refractivity contribution in [3.05, 3.63) is 86.4 Å². The Kier molecular flexibility index (Phi) is 4.35. The van der Waals surface area contributed by atoms with Gasteiger partial charge in [0.05, 0.1) is 11.0 Å². The van der Waals surface area contributed by atoms with E-state index in [4.69, 9.17) is 11.6 Å². The Bertz CT molecular complexity index is 1130. The minimum atomic E-state index is -0.286. The Labute approximate surface area is 141 Å². The maximum absolute atomic E-state index is 11.3. The Hall–Kier alpha value is -3.05. The molecule has 0 saturated heterocycles. The molecule has 4 aromatic rings. The second-order valence-corrected chi connectivity index (χ2v) is 5.50. The highest BCUT2D eigenvalue weighted by Gasteiger charge is 1.99. The third kappa shape index (κ3) is 3.31. The molecule has 0 spiro atoms. The second-order valence-electron chi connectivity index (χ2n) is 5.09. The molecule has 6 heteroatoms. The quantitative estimate of drug-likeness (QED) is 0.429. The summed E-state index contributed by atoms with van der Waals surface area (Å²) in [7, 11) is 0. The average molecular weight is 341 g/mol. The van der Waals surface area contributed by atoms with Crippen LogP contribution in [0, 0.1) is 0 Å². The number of rotatable bonds is 0. The summed E-state index contributed by atoms with van der Waals surface area (Å²) >= 11 is 5.67. The van der Waals surface area contributed by atoms with E-state index in [1.807, 2.05) is 18.2 Å². The molecule has 0 radical (unpaired) electrons. The summed E-state index contributed by atoms with van der Waals surface area (Å²) in [5.41, 5.74) is 1.10. The molecule has 2 aromatic carbocycles. The van der Waals surface area contributed by atoms with Crippen molar-refractivity contribution in [3.63, 3.8) is 0 Å². The number of hydrogen-bond acceptors (Lipinski definition) is 3. The van der Waals surface area contributed by atoms with Crippen LogP contribution in [0.4, 0.5) is 0 Å². The maximum Gasteiger partial charge on any atom is 0.252 e. The zero-order valence-corrected chi connectivity index (χ0v) is 13.2. The Morgan fingerprint density at radius 2 is 1.38 bits per heavy atom. The number of nitrogens with one attached hydrogen (secondary N) is 2. The lowest BCUT2D eigenvalue weighted by Crippen LogP contribution is -2.02. The molecule has 0 atom stereocenters. The summed E-state index contributed by atoms with van der Waals surface area (Å²) < 4.78 is 0. The van der Waals surface area contributed by atoms with E-state index in [-0.39, 0.29) is 16.7 Å². The van der Waals surface area contributed by atoms with Gasteiger partial charge in [-0.1, -0.05) is 35.9 Å². The highest BCUT2D eigenvalue weighted by Crippen LogP contribution is 2.19. The van der Waals surface area contributed by atoms with E-state index in [0.717, 1.165) is 5.52 Å². The van der Waals surface area contributed by atoms with Crippen LogP contribution in [0.2, 0.25) is 5.15 Å². The van der Waals surface area contributed by atoms with Crippen LogP contribution in [0.3, 0.4) is 0 Å². The van der Waals surface area contributed by atoms with Gasteiger partial charge in [-0.05, 0) is 24.3 Å². The van der Waals surface area contributed by atoms with Crippen LogP contribution < -0.4 is 11.0 Å². The first-order valence-electron chi connectivity index (χ1n) is 7.13. The number of hydrogen-bond donors (Lipinski definition) is 3. The van der Waals surface area contributed by atoms with Crippen molar-refractivity contribution in [2.75, 3.05) is 0 Å². The Balaban J connectivity index is 0.000000141. The van der Waals surface area contributed by atoms with E-state index in [2.05, 4.69) is 9.97 Å². The number of aromatic hydroxyl groups is 1. The second kappa shape index (κ2) is 6.60. The molecule has 4 rings (SSSR count). The van der Waals surface area contributed by atoms with E-state index in [9.17, 15) is 14.7 Å². The number of aromatic nitrogens is 2. The zero-order chi connectivity index (χ0) is 17.1. The third-order valence-corrected chi connectivity index (χ3v) is 3.64. The number of benzene rings is 2. The van der Waals surface area contributed by atoms with Gasteiger partial charge in [0, 0.05) is 22.9 Å². The van der Waals surface area contributed by atoms with Crippen molar-refractivity contribution in [2.24, 2.45) is 0 Å². The highest BCUT2D eigenvalue weighted by atomic mass is 35.5. The lowest BCUT2D eigenvalue weighted by atomic mass is 10.2. The molecular formula is C18H13ClN2O3. The monoisotopic (exact) mass is 340 g/mol. The number of H-pyrrole nitrogens is 2. The molecule has 0 bridgehead atoms. The largest absolute Gasteiger partial charge is 0.507 e. The molecule has 2 aromatic heterocycles. The van der Waals surface area contributed by atoms with Gasteiger partial charge in [0.15, 0.2) is 5.43 Å². The van der Waals surface area contributed by atoms with Crippen molar-refractivity contribution >= 4 is 33.4 Å². The predicted octanol–water partition coefficient (Wildman–Crippen LogP) is 3.42. The van der Waals surface area contributed by atoms with Crippen LogP contribution in [0.5, 0.6) is 5.75 Å². The van der Waals surface area contributed by atoms with E-state index in [0.29, 0.717) is 21.4 Å². The van der Waals surface area contributed by atoms with Crippen LogP contribution >= 0.6 is 11.6 Å². The van der Waals surface area contributed by atoms with Gasteiger partial charge in [-0.15, -0.1) is 0 Å². The molecule has 0 aliphatic rings. The van der Waals surface area contributed by atoms with Gasteiger partial charge >= 0.3 is 0 Å². The van der Waals surface area contributed by atoms with Crippen LogP contribution in [-0.2, 0) is 0 Å². The SMILES string of the molecule is O=c1cc(Cl)[nH]c2ccccc12.O=c1cc(O)c2ccccc2[nH]1. The summed E-state index contributed by atoms with van der Waals surface area (Å²) in [6, 6.07) is 16.9. The van der Waals surface area contributed by atoms with Crippen molar-refractivity contribution < 1.29 is 5.11 Å². The fourth-order valence-corrected chi connectivity index (χ4v) is 2.55. The first-order valence-corrected chi connectivity index (χ1v) is 7.51. The van der Waals surface area contributed by atoms with E-state index in [1.54, 1.807) is 30.3 Å². The van der Waals surface area contributed by atoms with E-state index >= 15 is 0 Å². The molecule has 120 valence electrons. The first kappa shape index (κ1) is 15.8. The van der Waals surface area contributed by atoms with Crippen LogP contribution in [0.15, 0.2) is 70.3 Å². The van der Waals surface area contributed by atoms with Crippen LogP contribution in [0.1, 0.15) is 0 Å². The molecule has 0 unspecified atom stereocenters. The van der Waals surface area contributed by atoms with Gasteiger partial charge in [0.1, 0.15) is 10.9 Å². The lowest BCUT2D eigenvalue weighted by Gasteiger charge is -1.97. The molecule has 0 fully saturated rings. The van der Waals surface area contributed by atoms with Crippen molar-refractivity contribution in [1.29, 1.82) is 0 Å². The average Bonchev–Trinajstić information content (AvgIpc) is 2.55. The molecule has 0 aliphatic heterocycles. The fourth-order valence-electron chi connectivity index (χ4n) is 2.35. The number of fused-ring (bicyclic) bond motifs is 2. The van der Waals surface area contributed by atoms with Crippen LogP contribution in [0.25, 0.3) is 21.8 Å². The molecule has 0 saturated carbocycles. The maximum atomic E-state index is 11.3. The summed E-state index contributed by atoms with van der Waals surface area (Å²) in [5.74, 6) is 0.0225. The van der Waals surface area contributed by atoms with E-state index in [1.165, 1.54) is 12.1 Å². The van der Waals surface area contributed by atoms with Gasteiger partial charge in [-0.2, -0.15) is 0 Å². The number of aromatic amines is 2. The predicted molar refractivity (Wildman–Crippen MR) is 95.8 cm³/mol. The lowest BCUT2D eigenvalue weighted by molar-refractivity contribution is 0.480. The molecule has 2 heterocycles. The van der Waals surface area contributed by atoms with Gasteiger partial charge in [-0.3, -0.25) is 9.59 Å². The molecule has 0 amide bonds. The van der Waals surface area contributed by atoms with Crippen molar-refractivity contribution in [1.82, 2.24) is 9.97 Å². The molecular weight excluding hydrogens is 328 g/mol. The third-order valence-electron chi connectivity index (χ3n) is 3.43. The Morgan fingerprint density at radius 3 is 2.08 bits per heavy atom. The number of pyridine rings is 2. The molecule has 3 N–H and O–H groups in total. The summed E-state index contributed by atoms with van der Waals surface area (Å²) in [6.45, 7) is 0. The minimum Gasteiger partial charge on any atom is -0.507 e. The number of para-hydroxylation sites is 2. The molecule has 0 aliphatic carbocycles. The van der Waals surface area contributed by atoms with Gasteiger partial charge < -0.3 is 15.1 Å². The number of halogens is 1. The summed E-state index contributed by atoms with van der Waals surface area (Å²) in [6.07, 6.45) is 0. The van der Waals surface area contributed by atoms with Gasteiger partial charge in [0.2, 0.25) is 0 Å². The first-order chi connectivity index (χ1) is 11.5. The topological polar surface area (TPSA) is 85.9 Å². The normalized spacial score (nSPS) is 10.4. The van der Waals surface area contributed by atoms with E-state index < -0.39 is 0 Å². The standard InChI is InChI=1S/C9H6ClNO.C9H7NO2/c10-9-5-8(12)6-3-1-2-4-7(6)11-9;11-8-5-9(12)10-7-4-2-1-3-6(7)8/h1-5H,(H,11,12);1-5H,(H2,10,11,12). The summed E-state index contributed by atoms with van der Waals surface area (Å²) in [5, 5.41) is 11.0. The molecule has 5 nitrogen and oxygen atoms in total. The summed E-state index contributed by atoms with van der Waals surface area (Å²) in [4.78, 5) is 27.7. The smallest absolute Gasteiger partial charge is 0.252 e. The molecule has 24 heavy (non-hydrogen) atoms. The minimum absolute atomic E-state index is 0.0225. The van der Waals surface area contributed by atoms with Gasteiger partial charge in [0.25, 0.3) is 5.56 Å². The van der Waals surface area contributed by atoms with Crippen molar-refractivity contribution in [3.8, 4) is 5.75 Å². The van der Waals surface area contributed by atoms with Crippen molar-refractivity contribution in [2.45, 2.75) is 0 Å². The van der Waals surface area contributed by atoms with Gasteiger partial charge in [-0.25, -0.2) is 0 Å². The Morgan fingerprint density at radius 1 is 0.792 bits per heavy atom. The van der Waals surface area contributed by atoms with Crippen LogP contribution in [-0.4, -0.2) is 15.1 Å².